The molecule has 2 aromatic rings. The largest absolute Gasteiger partial charge is 0.465 e. The number of nitrogens with zero attached hydrogens (tertiary/aromatic N) is 3. The van der Waals surface area contributed by atoms with Gasteiger partial charge in [0.1, 0.15) is 11.5 Å². The van der Waals surface area contributed by atoms with E-state index in [9.17, 15) is 0 Å². The number of rotatable bonds is 7. The molecule has 3 rings (SSSR count). The van der Waals surface area contributed by atoms with E-state index in [4.69, 9.17) is 9.15 Å². The van der Waals surface area contributed by atoms with Gasteiger partial charge in [-0.2, -0.15) is 0 Å². The van der Waals surface area contributed by atoms with Gasteiger partial charge in [-0.1, -0.05) is 0 Å². The first-order valence-corrected chi connectivity index (χ1v) is 8.09. The number of nitrogens with one attached hydrogen (secondary N) is 1. The van der Waals surface area contributed by atoms with E-state index in [1.807, 2.05) is 31.5 Å². The molecule has 0 spiro atoms. The molecule has 0 bridgehead atoms. The summed E-state index contributed by atoms with van der Waals surface area (Å²) in [5.74, 6) is 2.58. The van der Waals surface area contributed by atoms with Gasteiger partial charge in [0.25, 0.3) is 0 Å². The molecule has 0 aromatic carbocycles. The number of furan rings is 1. The maximum absolute atomic E-state index is 5.60. The maximum atomic E-state index is 5.60. The van der Waals surface area contributed by atoms with Crippen LogP contribution >= 0.6 is 0 Å². The van der Waals surface area contributed by atoms with E-state index in [1.54, 1.807) is 0 Å². The number of ether oxygens (including phenoxy) is 1. The van der Waals surface area contributed by atoms with E-state index in [2.05, 4.69) is 27.2 Å². The van der Waals surface area contributed by atoms with Gasteiger partial charge in [0.05, 0.1) is 12.6 Å². The Morgan fingerprint density at radius 2 is 2.09 bits per heavy atom. The molecular formula is C17H24N4O2. The average Bonchev–Trinajstić information content (AvgIpc) is 3.18. The smallest absolute Gasteiger partial charge is 0.222 e. The third kappa shape index (κ3) is 4.77. The minimum absolute atomic E-state index is 0.293. The summed E-state index contributed by atoms with van der Waals surface area (Å²) in [6, 6.07) is 4.00. The van der Waals surface area contributed by atoms with Crippen LogP contribution in [0.2, 0.25) is 0 Å². The minimum Gasteiger partial charge on any atom is -0.465 e. The molecule has 6 nitrogen and oxygen atoms in total. The topological polar surface area (TPSA) is 63.4 Å². The Kier molecular flexibility index (Phi) is 5.25. The van der Waals surface area contributed by atoms with E-state index in [0.717, 1.165) is 56.2 Å². The van der Waals surface area contributed by atoms with Crippen LogP contribution < -0.4 is 5.32 Å². The van der Waals surface area contributed by atoms with Crippen LogP contribution in [0.5, 0.6) is 0 Å². The van der Waals surface area contributed by atoms with Crippen LogP contribution in [0, 0.1) is 6.92 Å². The highest BCUT2D eigenvalue weighted by molar-refractivity contribution is 5.25. The van der Waals surface area contributed by atoms with Crippen molar-refractivity contribution in [3.63, 3.8) is 0 Å². The average molecular weight is 316 g/mol. The first-order valence-electron chi connectivity index (χ1n) is 8.09. The zero-order valence-electron chi connectivity index (χ0n) is 13.8. The van der Waals surface area contributed by atoms with Crippen molar-refractivity contribution in [3.05, 3.63) is 41.6 Å². The second kappa shape index (κ2) is 7.57. The van der Waals surface area contributed by atoms with E-state index >= 15 is 0 Å². The number of aryl methyl sites for hydroxylation is 1. The highest BCUT2D eigenvalue weighted by Gasteiger charge is 2.15. The Morgan fingerprint density at radius 3 is 2.74 bits per heavy atom. The van der Waals surface area contributed by atoms with E-state index < -0.39 is 0 Å². The van der Waals surface area contributed by atoms with Crippen molar-refractivity contribution in [1.29, 1.82) is 0 Å². The first-order chi connectivity index (χ1) is 11.2. The predicted molar refractivity (Wildman–Crippen MR) is 88.1 cm³/mol. The molecule has 1 atom stereocenters. The second-order valence-electron chi connectivity index (χ2n) is 6.12. The van der Waals surface area contributed by atoms with Crippen molar-refractivity contribution in [2.24, 2.45) is 0 Å². The molecule has 2 aromatic heterocycles. The molecule has 1 saturated heterocycles. The normalized spacial score (nSPS) is 17.8. The Labute approximate surface area is 136 Å². The molecular weight excluding hydrogens is 292 g/mol. The summed E-state index contributed by atoms with van der Waals surface area (Å²) in [4.78, 5) is 10.9. The van der Waals surface area contributed by atoms with E-state index in [1.165, 1.54) is 0 Å². The lowest BCUT2D eigenvalue weighted by molar-refractivity contribution is 0.120. The number of aromatic nitrogens is 2. The summed E-state index contributed by atoms with van der Waals surface area (Å²) in [5.41, 5.74) is 1.08. The van der Waals surface area contributed by atoms with Gasteiger partial charge in [0.15, 0.2) is 0 Å². The van der Waals surface area contributed by atoms with Crippen LogP contribution in [0.3, 0.4) is 0 Å². The van der Waals surface area contributed by atoms with Gasteiger partial charge in [-0.05, 0) is 38.9 Å². The third-order valence-electron chi connectivity index (χ3n) is 3.89. The van der Waals surface area contributed by atoms with Gasteiger partial charge in [-0.15, -0.1) is 0 Å². The quantitative estimate of drug-likeness (QED) is 0.847. The van der Waals surface area contributed by atoms with Gasteiger partial charge in [0, 0.05) is 37.7 Å². The van der Waals surface area contributed by atoms with Crippen LogP contribution in [0.1, 0.15) is 29.9 Å². The van der Waals surface area contributed by atoms with Gasteiger partial charge >= 0.3 is 0 Å². The SMILES string of the molecule is Cc1ccc(CN(C)Cc2cnc(NCC3CCCO3)nc2)o1. The Balaban J connectivity index is 1.46. The lowest BCUT2D eigenvalue weighted by atomic mass is 10.2. The highest BCUT2D eigenvalue weighted by atomic mass is 16.5. The second-order valence-corrected chi connectivity index (χ2v) is 6.12. The van der Waals surface area contributed by atoms with Crippen molar-refractivity contribution >= 4 is 5.95 Å². The van der Waals surface area contributed by atoms with Gasteiger partial charge in [-0.25, -0.2) is 9.97 Å². The van der Waals surface area contributed by atoms with Crippen molar-refractivity contribution in [2.75, 3.05) is 25.5 Å². The summed E-state index contributed by atoms with van der Waals surface area (Å²) < 4.78 is 11.2. The summed E-state index contributed by atoms with van der Waals surface area (Å²) in [7, 11) is 2.06. The molecule has 0 amide bonds. The van der Waals surface area contributed by atoms with Crippen LogP contribution in [0.15, 0.2) is 28.9 Å². The molecule has 1 aliphatic heterocycles. The molecule has 1 unspecified atom stereocenters. The predicted octanol–water partition coefficient (Wildman–Crippen LogP) is 2.60. The number of hydrogen-bond donors (Lipinski definition) is 1. The molecule has 124 valence electrons. The zero-order valence-corrected chi connectivity index (χ0v) is 13.8. The molecule has 0 aliphatic carbocycles. The van der Waals surface area contributed by atoms with E-state index in [-0.39, 0.29) is 0 Å². The number of hydrogen-bond acceptors (Lipinski definition) is 6. The van der Waals surface area contributed by atoms with Gasteiger partial charge < -0.3 is 14.5 Å². The molecule has 0 saturated carbocycles. The lowest BCUT2D eigenvalue weighted by Crippen LogP contribution is -2.20. The molecule has 1 aliphatic rings. The van der Waals surface area contributed by atoms with Crippen molar-refractivity contribution in [3.8, 4) is 0 Å². The summed E-state index contributed by atoms with van der Waals surface area (Å²) in [6.07, 6.45) is 6.29. The van der Waals surface area contributed by atoms with Gasteiger partial charge in [-0.3, -0.25) is 4.90 Å². The van der Waals surface area contributed by atoms with E-state index in [0.29, 0.717) is 12.1 Å². The van der Waals surface area contributed by atoms with Crippen LogP contribution in [-0.2, 0) is 17.8 Å². The zero-order chi connectivity index (χ0) is 16.1. The monoisotopic (exact) mass is 316 g/mol. The van der Waals surface area contributed by atoms with Crippen molar-refractivity contribution in [2.45, 2.75) is 39.0 Å². The standard InChI is InChI=1S/C17H24N4O2/c1-13-5-6-16(23-13)12-21(2)11-14-8-18-17(19-9-14)20-10-15-4-3-7-22-15/h5-6,8-9,15H,3-4,7,10-12H2,1-2H3,(H,18,19,20). The number of anilines is 1. The molecule has 23 heavy (non-hydrogen) atoms. The molecule has 1 N–H and O–H groups in total. The maximum Gasteiger partial charge on any atom is 0.222 e. The summed E-state index contributed by atoms with van der Waals surface area (Å²) in [5, 5.41) is 3.23. The Morgan fingerprint density at radius 1 is 1.26 bits per heavy atom. The van der Waals surface area contributed by atoms with Crippen molar-refractivity contribution in [1.82, 2.24) is 14.9 Å². The molecule has 1 fully saturated rings. The molecule has 0 radical (unpaired) electrons. The third-order valence-corrected chi connectivity index (χ3v) is 3.89. The lowest BCUT2D eigenvalue weighted by Gasteiger charge is -2.15. The Bertz CT molecular complexity index is 605. The van der Waals surface area contributed by atoms with Crippen LogP contribution in [0.25, 0.3) is 0 Å². The fraction of sp³-hybridized carbons (Fsp3) is 0.529. The minimum atomic E-state index is 0.293. The summed E-state index contributed by atoms with van der Waals surface area (Å²) in [6.45, 7) is 5.16. The van der Waals surface area contributed by atoms with Crippen LogP contribution in [-0.4, -0.2) is 41.2 Å². The van der Waals surface area contributed by atoms with Crippen LogP contribution in [0.4, 0.5) is 5.95 Å². The fourth-order valence-electron chi connectivity index (χ4n) is 2.74. The molecule has 3 heterocycles. The van der Waals surface area contributed by atoms with Gasteiger partial charge in [0.2, 0.25) is 5.95 Å². The first kappa shape index (κ1) is 16.0. The highest BCUT2D eigenvalue weighted by Crippen LogP contribution is 2.13. The van der Waals surface area contributed by atoms with Crippen molar-refractivity contribution < 1.29 is 9.15 Å². The fourth-order valence-corrected chi connectivity index (χ4v) is 2.74. The molecule has 6 heteroatoms. The summed E-state index contributed by atoms with van der Waals surface area (Å²) >= 11 is 0. The Hall–Kier alpha value is -1.92.